The number of carbonyl (C=O) groups is 2. The van der Waals surface area contributed by atoms with Crippen molar-refractivity contribution in [2.24, 2.45) is 11.7 Å². The van der Waals surface area contributed by atoms with E-state index in [2.05, 4.69) is 6.92 Å². The van der Waals surface area contributed by atoms with Crippen LogP contribution in [0.25, 0.3) is 22.4 Å². The lowest BCUT2D eigenvalue weighted by atomic mass is 9.89. The van der Waals surface area contributed by atoms with Crippen molar-refractivity contribution in [3.8, 4) is 22.9 Å². The van der Waals surface area contributed by atoms with Gasteiger partial charge < -0.3 is 24.9 Å². The van der Waals surface area contributed by atoms with E-state index in [9.17, 15) is 14.7 Å². The first-order valence-corrected chi connectivity index (χ1v) is 12.6. The van der Waals surface area contributed by atoms with E-state index >= 15 is 0 Å². The van der Waals surface area contributed by atoms with Gasteiger partial charge in [-0.05, 0) is 43.5 Å². The zero-order chi connectivity index (χ0) is 26.1. The first-order chi connectivity index (χ1) is 17.4. The highest BCUT2D eigenvalue weighted by molar-refractivity contribution is 5.85. The van der Waals surface area contributed by atoms with Gasteiger partial charge in [-0.1, -0.05) is 51.2 Å². The van der Waals surface area contributed by atoms with Crippen LogP contribution in [0.4, 0.5) is 0 Å². The van der Waals surface area contributed by atoms with Gasteiger partial charge in [0.1, 0.15) is 23.4 Å². The van der Waals surface area contributed by atoms with Crippen molar-refractivity contribution < 1.29 is 24.2 Å². The Hall–Kier alpha value is -3.55. The van der Waals surface area contributed by atoms with E-state index < -0.39 is 12.0 Å². The van der Waals surface area contributed by atoms with E-state index in [0.717, 1.165) is 42.3 Å². The average Bonchev–Trinajstić information content (AvgIpc) is 3.28. The van der Waals surface area contributed by atoms with Crippen LogP contribution in [0.2, 0.25) is 0 Å². The summed E-state index contributed by atoms with van der Waals surface area (Å²) in [4.78, 5) is 27.4. The summed E-state index contributed by atoms with van der Waals surface area (Å²) >= 11 is 0. The number of ether oxygens (including phenoxy) is 2. The number of rotatable bonds is 9. The number of amides is 1. The smallest absolute Gasteiger partial charge is 0.326 e. The van der Waals surface area contributed by atoms with E-state index in [-0.39, 0.29) is 11.8 Å². The molecule has 0 radical (unpaired) electrons. The van der Waals surface area contributed by atoms with Crippen LogP contribution in [-0.2, 0) is 9.59 Å². The van der Waals surface area contributed by atoms with Gasteiger partial charge in [0.15, 0.2) is 0 Å². The molecule has 36 heavy (non-hydrogen) atoms. The number of hydrogen-bond donors (Lipinski definition) is 2. The normalized spacial score (nSPS) is 14.5. The molecule has 0 bridgehead atoms. The third kappa shape index (κ3) is 6.36. The number of methoxy groups -OCH3 is 2. The van der Waals surface area contributed by atoms with Crippen molar-refractivity contribution in [1.29, 1.82) is 0 Å². The second-order valence-electron chi connectivity index (χ2n) is 9.09. The molecule has 0 spiro atoms. The van der Waals surface area contributed by atoms with Crippen LogP contribution in [0.1, 0.15) is 64.3 Å². The summed E-state index contributed by atoms with van der Waals surface area (Å²) in [5, 5.41) is 9.91. The number of primary amides is 1. The van der Waals surface area contributed by atoms with Gasteiger partial charge in [-0.25, -0.2) is 9.78 Å². The molecule has 1 heterocycles. The number of para-hydroxylation sites is 2. The Morgan fingerprint density at radius 2 is 1.83 bits per heavy atom. The first kappa shape index (κ1) is 27.0. The number of imidazole rings is 1. The predicted molar refractivity (Wildman–Crippen MR) is 140 cm³/mol. The maximum atomic E-state index is 12.1. The molecule has 2 aromatic carbocycles. The Bertz CT molecular complexity index is 1170. The molecule has 1 aliphatic rings. The second-order valence-corrected chi connectivity index (χ2v) is 9.09. The third-order valence-corrected chi connectivity index (χ3v) is 6.68. The molecular formula is C28H37N3O5. The Labute approximate surface area is 212 Å². The van der Waals surface area contributed by atoms with Crippen molar-refractivity contribution in [2.75, 3.05) is 14.2 Å². The molecule has 1 unspecified atom stereocenters. The number of unbranched alkanes of at least 4 members (excludes halogenated alkanes) is 1. The topological polar surface area (TPSA) is 117 Å². The second kappa shape index (κ2) is 13.0. The van der Waals surface area contributed by atoms with Crippen LogP contribution in [0, 0.1) is 5.92 Å². The number of carbonyl (C=O) groups excluding carboxylic acids is 1. The Morgan fingerprint density at radius 3 is 2.42 bits per heavy atom. The highest BCUT2D eigenvalue weighted by Gasteiger charge is 2.27. The molecule has 1 amide bonds. The highest BCUT2D eigenvalue weighted by Crippen LogP contribution is 2.37. The minimum Gasteiger partial charge on any atom is -0.497 e. The van der Waals surface area contributed by atoms with Gasteiger partial charge >= 0.3 is 5.97 Å². The first-order valence-electron chi connectivity index (χ1n) is 12.6. The number of aromatic nitrogens is 2. The number of carboxylic acids is 1. The number of fused-ring (bicyclic) bond motifs is 1. The zero-order valence-corrected chi connectivity index (χ0v) is 21.4. The van der Waals surface area contributed by atoms with Crippen LogP contribution in [0.15, 0.2) is 42.5 Å². The molecular weight excluding hydrogens is 458 g/mol. The quantitative estimate of drug-likeness (QED) is 0.400. The molecule has 4 rings (SSSR count). The summed E-state index contributed by atoms with van der Waals surface area (Å²) in [5.41, 5.74) is 7.42. The predicted octanol–water partition coefficient (Wildman–Crippen LogP) is 5.59. The zero-order valence-electron chi connectivity index (χ0n) is 21.4. The van der Waals surface area contributed by atoms with Gasteiger partial charge in [0.05, 0.1) is 30.8 Å². The molecule has 0 aliphatic heterocycles. The van der Waals surface area contributed by atoms with Crippen molar-refractivity contribution in [2.45, 2.75) is 64.3 Å². The Kier molecular flexibility index (Phi) is 9.73. The van der Waals surface area contributed by atoms with Gasteiger partial charge in [-0.3, -0.25) is 4.79 Å². The van der Waals surface area contributed by atoms with E-state index in [1.165, 1.54) is 19.3 Å². The number of carboxylic acid groups (broad SMARTS) is 1. The summed E-state index contributed by atoms with van der Waals surface area (Å²) < 4.78 is 12.6. The van der Waals surface area contributed by atoms with Crippen LogP contribution in [0.3, 0.4) is 0 Å². The molecule has 0 saturated heterocycles. The van der Waals surface area contributed by atoms with E-state index in [1.54, 1.807) is 20.3 Å². The molecule has 1 aromatic heterocycles. The van der Waals surface area contributed by atoms with Gasteiger partial charge in [-0.15, -0.1) is 0 Å². The summed E-state index contributed by atoms with van der Waals surface area (Å²) in [6.07, 6.45) is 7.99. The van der Waals surface area contributed by atoms with Crippen LogP contribution in [0.5, 0.6) is 11.5 Å². The van der Waals surface area contributed by atoms with Crippen LogP contribution < -0.4 is 15.2 Å². The molecule has 1 aliphatic carbocycles. The summed E-state index contributed by atoms with van der Waals surface area (Å²) in [7, 11) is 3.17. The number of nitrogens with two attached hydrogens (primary N) is 1. The monoisotopic (exact) mass is 495 g/mol. The van der Waals surface area contributed by atoms with E-state index in [1.807, 2.05) is 41.0 Å². The summed E-state index contributed by atoms with van der Waals surface area (Å²) in [6, 6.07) is 12.4. The minimum atomic E-state index is -0.861. The molecule has 1 saturated carbocycles. The van der Waals surface area contributed by atoms with Crippen LogP contribution in [-0.4, -0.2) is 40.8 Å². The fraction of sp³-hybridized carbons (Fsp3) is 0.464. The number of hydrogen-bond acceptors (Lipinski definition) is 5. The molecule has 3 N–H and O–H groups in total. The van der Waals surface area contributed by atoms with Crippen molar-refractivity contribution in [3.05, 3.63) is 42.5 Å². The summed E-state index contributed by atoms with van der Waals surface area (Å²) in [6.45, 7) is 2.05. The number of nitrogens with zero attached hydrogens (tertiary/aromatic N) is 2. The average molecular weight is 496 g/mol. The fourth-order valence-corrected chi connectivity index (χ4v) is 4.68. The maximum Gasteiger partial charge on any atom is 0.326 e. The van der Waals surface area contributed by atoms with Crippen molar-refractivity contribution >= 4 is 22.9 Å². The van der Waals surface area contributed by atoms with E-state index in [0.29, 0.717) is 23.7 Å². The van der Waals surface area contributed by atoms with Gasteiger partial charge in [0, 0.05) is 12.0 Å². The number of benzene rings is 2. The largest absolute Gasteiger partial charge is 0.497 e. The van der Waals surface area contributed by atoms with Crippen molar-refractivity contribution in [3.63, 3.8) is 0 Å². The molecule has 8 nitrogen and oxygen atoms in total. The third-order valence-electron chi connectivity index (χ3n) is 6.68. The molecule has 8 heteroatoms. The van der Waals surface area contributed by atoms with Gasteiger partial charge in [0.25, 0.3) is 0 Å². The van der Waals surface area contributed by atoms with Crippen LogP contribution >= 0.6 is 0 Å². The molecule has 1 fully saturated rings. The molecule has 194 valence electrons. The Morgan fingerprint density at radius 1 is 1.11 bits per heavy atom. The Balaban J connectivity index is 0.000000338. The lowest BCUT2D eigenvalue weighted by Gasteiger charge is -2.19. The fourth-order valence-electron chi connectivity index (χ4n) is 4.68. The standard InChI is InChI=1S/C21H24N2O4.C7H13NO/c1-4-5-9-18(21(24)25)23-17-10-7-6-8-16(17)22-20(23)15-12-11-14(26-2)13-19(15)27-3;8-7(9)6-4-2-1-3-5-6/h6-8,10-13,18H,4-5,9H2,1-3H3,(H,24,25);6H,1-5H2,(H2,8,9). The van der Waals surface area contributed by atoms with E-state index in [4.69, 9.17) is 20.2 Å². The summed E-state index contributed by atoms with van der Waals surface area (Å²) in [5.74, 6) is 1.07. The lowest BCUT2D eigenvalue weighted by molar-refractivity contribution is -0.141. The number of aliphatic carboxylic acids is 1. The minimum absolute atomic E-state index is 0.102. The highest BCUT2D eigenvalue weighted by atomic mass is 16.5. The van der Waals surface area contributed by atoms with Crippen molar-refractivity contribution in [1.82, 2.24) is 9.55 Å². The van der Waals surface area contributed by atoms with Gasteiger partial charge in [0.2, 0.25) is 5.91 Å². The lowest BCUT2D eigenvalue weighted by Crippen LogP contribution is -2.24. The maximum absolute atomic E-state index is 12.1. The van der Waals surface area contributed by atoms with Gasteiger partial charge in [-0.2, -0.15) is 0 Å². The molecule has 1 atom stereocenters. The molecule has 3 aromatic rings. The SMILES string of the molecule is CCCCC(C(=O)O)n1c(-c2ccc(OC)cc2OC)nc2ccccc21.NC(=O)C1CCCCC1.